The number of thiophene rings is 1. The van der Waals surface area contributed by atoms with E-state index in [0.717, 1.165) is 20.2 Å². The summed E-state index contributed by atoms with van der Waals surface area (Å²) in [6.07, 6.45) is 0. The van der Waals surface area contributed by atoms with E-state index in [9.17, 15) is 8.42 Å². The highest BCUT2D eigenvalue weighted by molar-refractivity contribution is 9.11. The number of hydrogen-bond donors (Lipinski definition) is 1. The Morgan fingerprint density at radius 1 is 1.41 bits per heavy atom. The Hall–Kier alpha value is -0.510. The molecule has 0 amide bonds. The SMILES string of the molecule is Cc1nsc(NS(=O)(=O)c2cc(Br)sc2C)n1. The molecule has 5 nitrogen and oxygen atoms in total. The third kappa shape index (κ3) is 2.84. The Morgan fingerprint density at radius 3 is 2.59 bits per heavy atom. The van der Waals surface area contributed by atoms with Crippen LogP contribution in [0.5, 0.6) is 0 Å². The quantitative estimate of drug-likeness (QED) is 0.920. The summed E-state index contributed by atoms with van der Waals surface area (Å²) in [6.45, 7) is 3.47. The first-order valence-corrected chi connectivity index (χ1v) is 8.34. The summed E-state index contributed by atoms with van der Waals surface area (Å²) in [4.78, 5) is 4.96. The molecule has 1 N–H and O–H groups in total. The van der Waals surface area contributed by atoms with Gasteiger partial charge in [0.05, 0.1) is 3.79 Å². The van der Waals surface area contributed by atoms with Gasteiger partial charge in [-0.05, 0) is 35.8 Å². The molecule has 2 aromatic rings. The molecule has 0 spiro atoms. The highest BCUT2D eigenvalue weighted by Gasteiger charge is 2.20. The van der Waals surface area contributed by atoms with Crippen molar-refractivity contribution in [3.63, 3.8) is 0 Å². The van der Waals surface area contributed by atoms with Crippen LogP contribution < -0.4 is 4.72 Å². The summed E-state index contributed by atoms with van der Waals surface area (Å²) < 4.78 is 31.2. The lowest BCUT2D eigenvalue weighted by molar-refractivity contribution is 0.601. The second-order valence-corrected chi connectivity index (χ2v) is 8.26. The van der Waals surface area contributed by atoms with Gasteiger partial charge in [0.25, 0.3) is 10.0 Å². The van der Waals surface area contributed by atoms with Gasteiger partial charge in [0.15, 0.2) is 0 Å². The normalized spacial score (nSPS) is 11.7. The van der Waals surface area contributed by atoms with E-state index in [2.05, 4.69) is 30.0 Å². The number of nitrogens with one attached hydrogen (secondary N) is 1. The van der Waals surface area contributed by atoms with Crippen LogP contribution in [-0.4, -0.2) is 17.8 Å². The molecule has 0 aromatic carbocycles. The fraction of sp³-hybridized carbons (Fsp3) is 0.250. The van der Waals surface area contributed by atoms with Crippen molar-refractivity contribution < 1.29 is 8.42 Å². The molecule has 0 aliphatic carbocycles. The maximum atomic E-state index is 12.1. The third-order valence-electron chi connectivity index (χ3n) is 1.88. The van der Waals surface area contributed by atoms with Crippen LogP contribution in [0, 0.1) is 13.8 Å². The van der Waals surface area contributed by atoms with Gasteiger partial charge >= 0.3 is 0 Å². The zero-order chi connectivity index (χ0) is 12.6. The van der Waals surface area contributed by atoms with E-state index in [1.807, 2.05) is 0 Å². The van der Waals surface area contributed by atoms with Crippen molar-refractivity contribution in [3.05, 3.63) is 20.6 Å². The number of halogens is 1. The minimum absolute atomic E-state index is 0.266. The molecule has 2 rings (SSSR count). The van der Waals surface area contributed by atoms with Crippen LogP contribution in [0.25, 0.3) is 0 Å². The van der Waals surface area contributed by atoms with E-state index < -0.39 is 10.0 Å². The van der Waals surface area contributed by atoms with Crippen LogP contribution in [0.15, 0.2) is 14.7 Å². The number of sulfonamides is 1. The van der Waals surface area contributed by atoms with E-state index in [4.69, 9.17) is 0 Å². The zero-order valence-electron chi connectivity index (χ0n) is 8.89. The molecule has 0 atom stereocenters. The lowest BCUT2D eigenvalue weighted by Gasteiger charge is -2.02. The average Bonchev–Trinajstić information content (AvgIpc) is 2.72. The first-order chi connectivity index (χ1) is 7.88. The van der Waals surface area contributed by atoms with Crippen LogP contribution >= 0.6 is 38.8 Å². The summed E-state index contributed by atoms with van der Waals surface area (Å²) in [5.41, 5.74) is 0. The molecule has 0 fully saturated rings. The fourth-order valence-corrected chi connectivity index (χ4v) is 5.42. The van der Waals surface area contributed by atoms with Crippen molar-refractivity contribution in [2.75, 3.05) is 4.72 Å². The summed E-state index contributed by atoms with van der Waals surface area (Å²) >= 11 is 5.67. The van der Waals surface area contributed by atoms with Gasteiger partial charge in [-0.1, -0.05) is 0 Å². The number of nitrogens with zero attached hydrogens (tertiary/aromatic N) is 2. The van der Waals surface area contributed by atoms with Crippen molar-refractivity contribution in [2.45, 2.75) is 18.7 Å². The molecule has 9 heteroatoms. The van der Waals surface area contributed by atoms with Crippen molar-refractivity contribution in [2.24, 2.45) is 0 Å². The van der Waals surface area contributed by atoms with Crippen molar-refractivity contribution in [1.29, 1.82) is 0 Å². The van der Waals surface area contributed by atoms with Crippen LogP contribution in [0.3, 0.4) is 0 Å². The lowest BCUT2D eigenvalue weighted by Crippen LogP contribution is -2.12. The molecule has 2 aromatic heterocycles. The van der Waals surface area contributed by atoms with E-state index in [1.54, 1.807) is 19.9 Å². The Morgan fingerprint density at radius 2 is 2.12 bits per heavy atom. The molecule has 0 saturated carbocycles. The maximum absolute atomic E-state index is 12.1. The molecule has 2 heterocycles. The molecule has 92 valence electrons. The molecule has 0 radical (unpaired) electrons. The van der Waals surface area contributed by atoms with Gasteiger partial charge in [-0.2, -0.15) is 4.37 Å². The highest BCUT2D eigenvalue weighted by Crippen LogP contribution is 2.30. The number of anilines is 1. The standard InChI is InChI=1S/C8H8BrN3O2S3/c1-4-6(3-7(9)15-4)17(13,14)12-8-10-5(2)11-16-8/h3H,1-2H3,(H,10,11,12). The number of hydrogen-bond acceptors (Lipinski definition) is 6. The van der Waals surface area contributed by atoms with Gasteiger partial charge in [0, 0.05) is 16.4 Å². The molecule has 0 aliphatic heterocycles. The molecule has 0 bridgehead atoms. The van der Waals surface area contributed by atoms with Gasteiger partial charge in [0.1, 0.15) is 10.7 Å². The fourth-order valence-electron chi connectivity index (χ4n) is 1.21. The smallest absolute Gasteiger partial charge is 0.253 e. The highest BCUT2D eigenvalue weighted by atomic mass is 79.9. The Bertz CT molecular complexity index is 647. The zero-order valence-corrected chi connectivity index (χ0v) is 12.9. The lowest BCUT2D eigenvalue weighted by atomic mass is 10.5. The first kappa shape index (κ1) is 12.9. The number of rotatable bonds is 3. The summed E-state index contributed by atoms with van der Waals surface area (Å²) in [6, 6.07) is 1.58. The topological polar surface area (TPSA) is 72.0 Å². The molecule has 0 aliphatic rings. The maximum Gasteiger partial charge on any atom is 0.264 e. The van der Waals surface area contributed by atoms with E-state index in [0.29, 0.717) is 5.82 Å². The summed E-state index contributed by atoms with van der Waals surface area (Å²) in [5, 5.41) is 0.282. The summed E-state index contributed by atoms with van der Waals surface area (Å²) in [5.74, 6) is 0.552. The Labute approximate surface area is 115 Å². The van der Waals surface area contributed by atoms with Crippen molar-refractivity contribution >= 4 is 54.0 Å². The number of aromatic nitrogens is 2. The minimum Gasteiger partial charge on any atom is -0.253 e. The van der Waals surface area contributed by atoms with Crippen molar-refractivity contribution in [3.8, 4) is 0 Å². The van der Waals surface area contributed by atoms with Gasteiger partial charge in [0.2, 0.25) is 5.13 Å². The van der Waals surface area contributed by atoms with E-state index in [-0.39, 0.29) is 10.0 Å². The second kappa shape index (κ2) is 4.63. The van der Waals surface area contributed by atoms with Gasteiger partial charge < -0.3 is 0 Å². The van der Waals surface area contributed by atoms with Gasteiger partial charge in [-0.25, -0.2) is 13.4 Å². The largest absolute Gasteiger partial charge is 0.264 e. The predicted molar refractivity (Wildman–Crippen MR) is 72.2 cm³/mol. The molecular weight excluding hydrogens is 346 g/mol. The molecule has 0 saturated heterocycles. The Kier molecular flexibility index (Phi) is 3.53. The second-order valence-electron chi connectivity index (χ2n) is 3.22. The third-order valence-corrected chi connectivity index (χ3v) is 5.88. The molecular formula is C8H8BrN3O2S3. The molecule has 0 unspecified atom stereocenters. The first-order valence-electron chi connectivity index (χ1n) is 4.47. The van der Waals surface area contributed by atoms with Crippen LogP contribution in [-0.2, 0) is 10.0 Å². The summed E-state index contributed by atoms with van der Waals surface area (Å²) in [7, 11) is -3.57. The van der Waals surface area contributed by atoms with Crippen LogP contribution in [0.1, 0.15) is 10.7 Å². The number of aryl methyl sites for hydroxylation is 2. The predicted octanol–water partition coefficient (Wildman–Crippen LogP) is 2.78. The van der Waals surface area contributed by atoms with Crippen LogP contribution in [0.2, 0.25) is 0 Å². The van der Waals surface area contributed by atoms with E-state index in [1.165, 1.54) is 11.3 Å². The van der Waals surface area contributed by atoms with Crippen molar-refractivity contribution in [1.82, 2.24) is 9.36 Å². The molecule has 17 heavy (non-hydrogen) atoms. The minimum atomic E-state index is -3.57. The average molecular weight is 354 g/mol. The van der Waals surface area contributed by atoms with Gasteiger partial charge in [-0.3, -0.25) is 4.72 Å². The van der Waals surface area contributed by atoms with Gasteiger partial charge in [-0.15, -0.1) is 11.3 Å². The monoisotopic (exact) mass is 353 g/mol. The Balaban J connectivity index is 2.34. The van der Waals surface area contributed by atoms with E-state index >= 15 is 0 Å². The van der Waals surface area contributed by atoms with Crippen LogP contribution in [0.4, 0.5) is 5.13 Å².